The van der Waals surface area contributed by atoms with Gasteiger partial charge >= 0.3 is 0 Å². The molecule has 13 heavy (non-hydrogen) atoms. The number of rotatable bonds is 3. The maximum absolute atomic E-state index is 3.89. The number of thioether (sulfide) groups is 1. The topological polar surface area (TPSA) is 40.7 Å². The van der Waals surface area contributed by atoms with E-state index in [9.17, 15) is 0 Å². The molecule has 2 rings (SSSR count). The minimum Gasteiger partial charge on any atom is -0.357 e. The SMILES string of the molecule is C1=CNC(SCc2ccn[nH]2)=CC1. The second-order valence-electron chi connectivity index (χ2n) is 2.72. The van der Waals surface area contributed by atoms with Crippen LogP contribution in [0.3, 0.4) is 0 Å². The Morgan fingerprint density at radius 1 is 1.54 bits per heavy atom. The molecular formula is C9H11N3S. The van der Waals surface area contributed by atoms with Crippen LogP contribution < -0.4 is 5.32 Å². The molecule has 1 aromatic rings. The fourth-order valence-electron chi connectivity index (χ4n) is 1.06. The van der Waals surface area contributed by atoms with E-state index in [1.165, 1.54) is 5.03 Å². The van der Waals surface area contributed by atoms with Crippen molar-refractivity contribution < 1.29 is 0 Å². The molecule has 0 spiro atoms. The Morgan fingerprint density at radius 2 is 2.54 bits per heavy atom. The first kappa shape index (κ1) is 8.44. The number of dihydropyridines is 1. The average molecular weight is 193 g/mol. The summed E-state index contributed by atoms with van der Waals surface area (Å²) in [5.74, 6) is 0.937. The van der Waals surface area contributed by atoms with Crippen LogP contribution >= 0.6 is 11.8 Å². The molecule has 0 aromatic carbocycles. The molecule has 1 aliphatic heterocycles. The Hall–Kier alpha value is -1.16. The number of hydrogen-bond donors (Lipinski definition) is 2. The summed E-state index contributed by atoms with van der Waals surface area (Å²) in [5.41, 5.74) is 1.15. The monoisotopic (exact) mass is 193 g/mol. The summed E-state index contributed by atoms with van der Waals surface area (Å²) in [7, 11) is 0. The van der Waals surface area contributed by atoms with Gasteiger partial charge in [-0.25, -0.2) is 0 Å². The standard InChI is InChI=1S/C9H11N3S/c1-2-5-10-9(3-1)13-7-8-4-6-11-12-8/h2-6,10H,1,7H2,(H,11,12). The van der Waals surface area contributed by atoms with Crippen LogP contribution in [0.4, 0.5) is 0 Å². The van der Waals surface area contributed by atoms with Crippen LogP contribution in [0.15, 0.2) is 35.6 Å². The van der Waals surface area contributed by atoms with Gasteiger partial charge in [-0.2, -0.15) is 5.10 Å². The van der Waals surface area contributed by atoms with Gasteiger partial charge < -0.3 is 5.32 Å². The van der Waals surface area contributed by atoms with Gasteiger partial charge in [0, 0.05) is 17.6 Å². The van der Waals surface area contributed by atoms with Gasteiger partial charge in [-0.15, -0.1) is 11.8 Å². The van der Waals surface area contributed by atoms with E-state index in [1.54, 1.807) is 18.0 Å². The van der Waals surface area contributed by atoms with E-state index in [1.807, 2.05) is 12.3 Å². The summed E-state index contributed by atoms with van der Waals surface area (Å²) in [6.07, 6.45) is 9.06. The number of hydrogen-bond acceptors (Lipinski definition) is 3. The lowest BCUT2D eigenvalue weighted by molar-refractivity contribution is 1.03. The highest BCUT2D eigenvalue weighted by Gasteiger charge is 2.00. The van der Waals surface area contributed by atoms with Gasteiger partial charge in [0.2, 0.25) is 0 Å². The molecule has 3 nitrogen and oxygen atoms in total. The van der Waals surface area contributed by atoms with Gasteiger partial charge in [-0.05, 0) is 18.7 Å². The molecule has 4 heteroatoms. The van der Waals surface area contributed by atoms with Crippen LogP contribution in [-0.2, 0) is 5.75 Å². The zero-order valence-corrected chi connectivity index (χ0v) is 7.97. The highest BCUT2D eigenvalue weighted by atomic mass is 32.2. The summed E-state index contributed by atoms with van der Waals surface area (Å²) in [4.78, 5) is 0. The quantitative estimate of drug-likeness (QED) is 0.771. The van der Waals surface area contributed by atoms with Gasteiger partial charge in [0.05, 0.1) is 5.03 Å². The smallest absolute Gasteiger partial charge is 0.0687 e. The predicted octanol–water partition coefficient (Wildman–Crippen LogP) is 1.99. The Kier molecular flexibility index (Phi) is 2.72. The van der Waals surface area contributed by atoms with Crippen LogP contribution in [0.5, 0.6) is 0 Å². The van der Waals surface area contributed by atoms with Gasteiger partial charge in [-0.1, -0.05) is 12.2 Å². The van der Waals surface area contributed by atoms with Crippen molar-refractivity contribution in [3.8, 4) is 0 Å². The molecule has 0 bridgehead atoms. The first-order chi connectivity index (χ1) is 6.45. The fourth-order valence-corrected chi connectivity index (χ4v) is 1.90. The first-order valence-corrected chi connectivity index (χ1v) is 5.16. The van der Waals surface area contributed by atoms with E-state index < -0.39 is 0 Å². The Balaban J connectivity index is 1.83. The van der Waals surface area contributed by atoms with Gasteiger partial charge in [-0.3, -0.25) is 5.10 Å². The van der Waals surface area contributed by atoms with E-state index in [-0.39, 0.29) is 0 Å². The summed E-state index contributed by atoms with van der Waals surface area (Å²) >= 11 is 1.78. The van der Waals surface area contributed by atoms with Crippen LogP contribution in [-0.4, -0.2) is 10.2 Å². The molecular weight excluding hydrogens is 182 g/mol. The summed E-state index contributed by atoms with van der Waals surface area (Å²) in [5, 5.41) is 11.2. The zero-order valence-electron chi connectivity index (χ0n) is 7.16. The number of nitrogens with zero attached hydrogens (tertiary/aromatic N) is 1. The maximum atomic E-state index is 3.89. The van der Waals surface area contributed by atoms with Crippen molar-refractivity contribution in [2.24, 2.45) is 0 Å². The highest BCUT2D eigenvalue weighted by Crippen LogP contribution is 2.19. The predicted molar refractivity (Wildman–Crippen MR) is 54.9 cm³/mol. The van der Waals surface area contributed by atoms with Crippen molar-refractivity contribution >= 4 is 11.8 Å². The fraction of sp³-hybridized carbons (Fsp3) is 0.222. The molecule has 1 aliphatic rings. The van der Waals surface area contributed by atoms with Gasteiger partial charge in [0.15, 0.2) is 0 Å². The second-order valence-corrected chi connectivity index (χ2v) is 3.74. The molecule has 0 aliphatic carbocycles. The molecule has 1 aromatic heterocycles. The molecule has 0 amide bonds. The second kappa shape index (κ2) is 4.18. The Labute approximate surface area is 81.3 Å². The van der Waals surface area contributed by atoms with E-state index in [4.69, 9.17) is 0 Å². The van der Waals surface area contributed by atoms with Gasteiger partial charge in [0.1, 0.15) is 0 Å². The Bertz CT molecular complexity index is 314. The lowest BCUT2D eigenvalue weighted by Crippen LogP contribution is -2.04. The maximum Gasteiger partial charge on any atom is 0.0687 e. The van der Waals surface area contributed by atoms with Crippen molar-refractivity contribution in [2.45, 2.75) is 12.2 Å². The third kappa shape index (κ3) is 2.39. The van der Waals surface area contributed by atoms with Gasteiger partial charge in [0.25, 0.3) is 0 Å². The Morgan fingerprint density at radius 3 is 3.23 bits per heavy atom. The third-order valence-corrected chi connectivity index (χ3v) is 2.78. The van der Waals surface area contributed by atoms with Crippen LogP contribution in [0.1, 0.15) is 12.1 Å². The molecule has 2 N–H and O–H groups in total. The number of aromatic nitrogens is 2. The summed E-state index contributed by atoms with van der Waals surface area (Å²) < 4.78 is 0. The molecule has 0 radical (unpaired) electrons. The van der Waals surface area contributed by atoms with Crippen molar-refractivity contribution in [2.75, 3.05) is 0 Å². The van der Waals surface area contributed by atoms with E-state index in [0.717, 1.165) is 17.9 Å². The molecule has 0 saturated heterocycles. The normalized spacial score (nSPS) is 15.2. The molecule has 0 atom stereocenters. The number of H-pyrrole nitrogens is 1. The summed E-state index contributed by atoms with van der Waals surface area (Å²) in [6, 6.07) is 1.99. The molecule has 0 saturated carbocycles. The molecule has 0 unspecified atom stereocenters. The molecule has 2 heterocycles. The molecule has 0 fully saturated rings. The van der Waals surface area contributed by atoms with E-state index in [0.29, 0.717) is 0 Å². The highest BCUT2D eigenvalue weighted by molar-refractivity contribution is 8.02. The van der Waals surface area contributed by atoms with E-state index in [2.05, 4.69) is 27.7 Å². The first-order valence-electron chi connectivity index (χ1n) is 4.18. The number of allylic oxidation sites excluding steroid dienone is 2. The number of aromatic amines is 1. The van der Waals surface area contributed by atoms with Crippen molar-refractivity contribution in [1.82, 2.24) is 15.5 Å². The van der Waals surface area contributed by atoms with Crippen molar-refractivity contribution in [1.29, 1.82) is 0 Å². The summed E-state index contributed by atoms with van der Waals surface area (Å²) in [6.45, 7) is 0. The zero-order chi connectivity index (χ0) is 8.93. The van der Waals surface area contributed by atoms with Crippen molar-refractivity contribution in [3.05, 3.63) is 41.3 Å². The largest absolute Gasteiger partial charge is 0.357 e. The number of nitrogens with one attached hydrogen (secondary N) is 2. The minimum absolute atomic E-state index is 0.937. The third-order valence-electron chi connectivity index (χ3n) is 1.72. The van der Waals surface area contributed by atoms with Crippen LogP contribution in [0.25, 0.3) is 0 Å². The average Bonchev–Trinajstić information content (AvgIpc) is 2.69. The van der Waals surface area contributed by atoms with E-state index >= 15 is 0 Å². The lowest BCUT2D eigenvalue weighted by Gasteiger charge is -2.08. The lowest BCUT2D eigenvalue weighted by atomic mass is 10.3. The van der Waals surface area contributed by atoms with Crippen LogP contribution in [0.2, 0.25) is 0 Å². The molecule has 68 valence electrons. The van der Waals surface area contributed by atoms with Crippen molar-refractivity contribution in [3.63, 3.8) is 0 Å². The minimum atomic E-state index is 0.937. The van der Waals surface area contributed by atoms with Crippen LogP contribution in [0, 0.1) is 0 Å².